The average Bonchev–Trinajstić information content (AvgIpc) is 3.29. The molecule has 2 heterocycles. The molecular weight excluding hydrogens is 388 g/mol. The molecule has 0 saturated carbocycles. The Balaban J connectivity index is 1.52. The molecule has 0 saturated heterocycles. The lowest BCUT2D eigenvalue weighted by Crippen LogP contribution is -2.33. The van der Waals surface area contributed by atoms with E-state index < -0.39 is 0 Å². The Labute approximate surface area is 181 Å². The normalized spacial score (nSPS) is 19.2. The maximum atomic E-state index is 11.8. The Hall–Kier alpha value is -3.60. The molecule has 5 nitrogen and oxygen atoms in total. The summed E-state index contributed by atoms with van der Waals surface area (Å²) in [5.41, 5.74) is 6.12. The van der Waals surface area contributed by atoms with Crippen LogP contribution in [0.5, 0.6) is 5.75 Å². The van der Waals surface area contributed by atoms with Crippen LogP contribution in [-0.4, -0.2) is 23.8 Å². The third-order valence-electron chi connectivity index (χ3n) is 6.01. The first-order valence-corrected chi connectivity index (χ1v) is 10.6. The third-order valence-corrected chi connectivity index (χ3v) is 6.01. The molecule has 5 rings (SSSR count). The summed E-state index contributed by atoms with van der Waals surface area (Å²) in [5, 5.41) is 7.05. The van der Waals surface area contributed by atoms with Crippen LogP contribution in [-0.2, 0) is 11.2 Å². The van der Waals surface area contributed by atoms with Crippen LogP contribution in [0.25, 0.3) is 0 Å². The zero-order valence-electron chi connectivity index (χ0n) is 17.6. The molecule has 2 atom stereocenters. The van der Waals surface area contributed by atoms with Crippen LogP contribution in [0, 0.1) is 0 Å². The van der Waals surface area contributed by atoms with Crippen LogP contribution < -0.4 is 4.74 Å². The van der Waals surface area contributed by atoms with Crippen LogP contribution in [0.15, 0.2) is 77.9 Å². The van der Waals surface area contributed by atoms with Crippen LogP contribution in [0.4, 0.5) is 0 Å². The zero-order chi connectivity index (χ0) is 21.4. The molecule has 2 aliphatic heterocycles. The first kappa shape index (κ1) is 19.4. The number of rotatable bonds is 4. The van der Waals surface area contributed by atoms with Crippen molar-refractivity contribution in [2.45, 2.75) is 32.0 Å². The second-order valence-corrected chi connectivity index (χ2v) is 7.82. The summed E-state index contributed by atoms with van der Waals surface area (Å²) in [5.74, 6) is 0.528. The summed E-state index contributed by atoms with van der Waals surface area (Å²) < 4.78 is 11.2. The minimum Gasteiger partial charge on any atom is -0.465 e. The lowest BCUT2D eigenvalue weighted by Gasteiger charge is -2.38. The van der Waals surface area contributed by atoms with Gasteiger partial charge in [0.2, 0.25) is 6.23 Å². The first-order valence-electron chi connectivity index (χ1n) is 10.6. The average molecular weight is 412 g/mol. The van der Waals surface area contributed by atoms with Gasteiger partial charge in [-0.2, -0.15) is 5.10 Å². The number of hydrogen-bond donors (Lipinski definition) is 0. The van der Waals surface area contributed by atoms with E-state index in [0.717, 1.165) is 41.0 Å². The van der Waals surface area contributed by atoms with Gasteiger partial charge in [-0.15, -0.1) is 0 Å². The van der Waals surface area contributed by atoms with Gasteiger partial charge in [-0.05, 0) is 35.7 Å². The molecule has 0 unspecified atom stereocenters. The number of carbonyl (C=O) groups excluding carboxylic acids is 1. The number of esters is 1. The van der Waals surface area contributed by atoms with E-state index in [1.54, 1.807) is 12.1 Å². The molecule has 0 aliphatic carbocycles. The number of para-hydroxylation sites is 1. The van der Waals surface area contributed by atoms with Gasteiger partial charge in [0.15, 0.2) is 0 Å². The maximum absolute atomic E-state index is 11.8. The van der Waals surface area contributed by atoms with Crippen LogP contribution in [0.1, 0.15) is 58.2 Å². The first-order chi connectivity index (χ1) is 15.2. The Morgan fingerprint density at radius 1 is 1.06 bits per heavy atom. The molecule has 156 valence electrons. The van der Waals surface area contributed by atoms with Crippen LogP contribution in [0.3, 0.4) is 0 Å². The summed E-state index contributed by atoms with van der Waals surface area (Å²) in [6.07, 6.45) is 1.48. The fourth-order valence-electron chi connectivity index (χ4n) is 4.26. The molecule has 5 heteroatoms. The summed E-state index contributed by atoms with van der Waals surface area (Å²) in [4.78, 5) is 11.8. The molecule has 31 heavy (non-hydrogen) atoms. The fourth-order valence-corrected chi connectivity index (χ4v) is 4.26. The van der Waals surface area contributed by atoms with Crippen molar-refractivity contribution < 1.29 is 14.3 Å². The van der Waals surface area contributed by atoms with Crippen molar-refractivity contribution in [2.75, 3.05) is 7.11 Å². The molecule has 0 spiro atoms. The highest BCUT2D eigenvalue weighted by Gasteiger charge is 2.40. The van der Waals surface area contributed by atoms with Crippen molar-refractivity contribution in [2.24, 2.45) is 5.10 Å². The van der Waals surface area contributed by atoms with Crippen molar-refractivity contribution in [3.05, 3.63) is 101 Å². The summed E-state index contributed by atoms with van der Waals surface area (Å²) in [6.45, 7) is 2.16. The number of fused-ring (bicyclic) bond motifs is 3. The second-order valence-electron chi connectivity index (χ2n) is 7.82. The van der Waals surface area contributed by atoms with E-state index in [0.29, 0.717) is 5.56 Å². The largest absolute Gasteiger partial charge is 0.465 e. The second kappa shape index (κ2) is 7.91. The molecule has 2 aliphatic rings. The maximum Gasteiger partial charge on any atom is 0.337 e. The molecule has 0 radical (unpaired) electrons. The number of benzene rings is 3. The Bertz CT molecular complexity index is 1140. The summed E-state index contributed by atoms with van der Waals surface area (Å²) >= 11 is 0. The molecule has 3 aromatic carbocycles. The predicted octanol–water partition coefficient (Wildman–Crippen LogP) is 5.28. The predicted molar refractivity (Wildman–Crippen MR) is 119 cm³/mol. The van der Waals surface area contributed by atoms with Gasteiger partial charge in [0.25, 0.3) is 0 Å². The third kappa shape index (κ3) is 3.46. The lowest BCUT2D eigenvalue weighted by molar-refractivity contribution is -0.0190. The highest BCUT2D eigenvalue weighted by atomic mass is 16.5. The standard InChI is InChI=1S/C26H24N2O3/c1-3-17-8-10-18(11-9-17)22-16-23-21-6-4-5-7-24(21)31-25(28(23)27-22)19-12-14-20(15-13-19)26(29)30-2/h4-15,23,25H,3,16H2,1-2H3/t23-,25+/m1/s1. The van der Waals surface area contributed by atoms with E-state index in [2.05, 4.69) is 42.3 Å². The molecule has 0 N–H and O–H groups in total. The highest BCUT2D eigenvalue weighted by Crippen LogP contribution is 2.47. The quantitative estimate of drug-likeness (QED) is 0.547. The minimum absolute atomic E-state index is 0.107. The Morgan fingerprint density at radius 3 is 2.52 bits per heavy atom. The number of nitrogens with zero attached hydrogens (tertiary/aromatic N) is 2. The van der Waals surface area contributed by atoms with E-state index in [4.69, 9.17) is 14.6 Å². The number of carbonyl (C=O) groups is 1. The van der Waals surface area contributed by atoms with Gasteiger partial charge < -0.3 is 9.47 Å². The molecular formula is C26H24N2O3. The zero-order valence-corrected chi connectivity index (χ0v) is 17.6. The van der Waals surface area contributed by atoms with Crippen molar-refractivity contribution in [3.63, 3.8) is 0 Å². The van der Waals surface area contributed by atoms with Crippen molar-refractivity contribution in [1.29, 1.82) is 0 Å². The van der Waals surface area contributed by atoms with Gasteiger partial charge in [-0.3, -0.25) is 0 Å². The Morgan fingerprint density at radius 2 is 1.81 bits per heavy atom. The van der Waals surface area contributed by atoms with Gasteiger partial charge >= 0.3 is 5.97 Å². The minimum atomic E-state index is -0.362. The van der Waals surface area contributed by atoms with E-state index in [-0.39, 0.29) is 18.2 Å². The number of hydrogen-bond acceptors (Lipinski definition) is 5. The number of hydrazone groups is 1. The van der Waals surface area contributed by atoms with Crippen LogP contribution >= 0.6 is 0 Å². The van der Waals surface area contributed by atoms with Gasteiger partial charge in [-0.25, -0.2) is 9.80 Å². The van der Waals surface area contributed by atoms with Crippen LogP contribution in [0.2, 0.25) is 0 Å². The summed E-state index contributed by atoms with van der Waals surface area (Å²) in [7, 11) is 1.38. The molecule has 0 amide bonds. The monoisotopic (exact) mass is 412 g/mol. The van der Waals surface area contributed by atoms with Crippen molar-refractivity contribution >= 4 is 11.7 Å². The van der Waals surface area contributed by atoms with Gasteiger partial charge in [0.05, 0.1) is 24.4 Å². The Kier molecular flexibility index (Phi) is 4.94. The molecule has 0 aromatic heterocycles. The highest BCUT2D eigenvalue weighted by molar-refractivity contribution is 6.02. The number of methoxy groups -OCH3 is 1. The van der Waals surface area contributed by atoms with Crippen molar-refractivity contribution in [1.82, 2.24) is 5.01 Å². The lowest BCUT2D eigenvalue weighted by atomic mass is 9.95. The SMILES string of the molecule is CCc1ccc(C2=NN3[C@H](C2)c2ccccc2O[C@H]3c2ccc(C(=O)OC)cc2)cc1. The van der Waals surface area contributed by atoms with E-state index >= 15 is 0 Å². The van der Waals surface area contributed by atoms with Gasteiger partial charge in [-0.1, -0.05) is 61.5 Å². The topological polar surface area (TPSA) is 51.1 Å². The molecule has 0 bridgehead atoms. The molecule has 0 fully saturated rings. The van der Waals surface area contributed by atoms with E-state index in [1.165, 1.54) is 12.7 Å². The number of ether oxygens (including phenoxy) is 2. The fraction of sp³-hybridized carbons (Fsp3) is 0.231. The smallest absolute Gasteiger partial charge is 0.337 e. The summed E-state index contributed by atoms with van der Waals surface area (Å²) in [6, 6.07) is 24.3. The number of aryl methyl sites for hydroxylation is 1. The van der Waals surface area contributed by atoms with Gasteiger partial charge in [0.1, 0.15) is 5.75 Å². The van der Waals surface area contributed by atoms with Gasteiger partial charge in [0, 0.05) is 17.5 Å². The molecule has 3 aromatic rings. The van der Waals surface area contributed by atoms with E-state index in [1.807, 2.05) is 30.3 Å². The van der Waals surface area contributed by atoms with Crippen molar-refractivity contribution in [3.8, 4) is 5.75 Å². The van der Waals surface area contributed by atoms with E-state index in [9.17, 15) is 4.79 Å².